The molecule has 9 heteroatoms. The van der Waals surface area contributed by atoms with Gasteiger partial charge in [0.1, 0.15) is 0 Å². The zero-order chi connectivity index (χ0) is 15.5. The van der Waals surface area contributed by atoms with Crippen LogP contribution in [-0.2, 0) is 0 Å². The largest absolute Gasteiger partial charge is 0.300 e. The topological polar surface area (TPSA) is 123 Å². The van der Waals surface area contributed by atoms with E-state index in [2.05, 4.69) is 25.8 Å². The zero-order valence-corrected chi connectivity index (χ0v) is 11.0. The fourth-order valence-electron chi connectivity index (χ4n) is 1.89. The van der Waals surface area contributed by atoms with E-state index in [0.29, 0.717) is 11.3 Å². The smallest absolute Gasteiger partial charge is 0.296 e. The number of rotatable bonds is 4. The number of aromatic nitrogens is 2. The van der Waals surface area contributed by atoms with Crippen LogP contribution in [0, 0.1) is 10.1 Å². The predicted molar refractivity (Wildman–Crippen MR) is 76.0 cm³/mol. The molecule has 22 heavy (non-hydrogen) atoms. The number of amides is 1. The zero-order valence-electron chi connectivity index (χ0n) is 11.0. The Hall–Kier alpha value is -3.49. The molecule has 0 aliphatic rings. The summed E-state index contributed by atoms with van der Waals surface area (Å²) in [6, 6.07) is 11.2. The molecule has 3 rings (SSSR count). The van der Waals surface area contributed by atoms with Gasteiger partial charge in [-0.25, -0.2) is 4.63 Å². The summed E-state index contributed by atoms with van der Waals surface area (Å²) in [5.41, 5.74) is 5.87. The number of hydrogen-bond donors (Lipinski definition) is 2. The van der Waals surface area contributed by atoms with Crippen LogP contribution in [0.1, 0.15) is 10.4 Å². The molecule has 0 fully saturated rings. The van der Waals surface area contributed by atoms with Gasteiger partial charge in [0, 0.05) is 11.6 Å². The fraction of sp³-hybridized carbons (Fsp3) is 0. The summed E-state index contributed by atoms with van der Waals surface area (Å²) in [5, 5.41) is 18.0. The molecule has 0 unspecified atom stereocenters. The molecule has 1 heterocycles. The van der Waals surface area contributed by atoms with Crippen molar-refractivity contribution in [2.24, 2.45) is 0 Å². The van der Waals surface area contributed by atoms with Crippen molar-refractivity contribution in [2.45, 2.75) is 0 Å². The van der Waals surface area contributed by atoms with Crippen LogP contribution in [0.15, 0.2) is 47.1 Å². The highest BCUT2D eigenvalue weighted by Gasteiger charge is 2.19. The van der Waals surface area contributed by atoms with Gasteiger partial charge in [-0.1, -0.05) is 18.2 Å². The number of hydrazine groups is 1. The van der Waals surface area contributed by atoms with Gasteiger partial charge < -0.3 is 0 Å². The molecule has 0 saturated heterocycles. The first-order chi connectivity index (χ1) is 10.7. The van der Waals surface area contributed by atoms with Crippen LogP contribution in [0.3, 0.4) is 0 Å². The van der Waals surface area contributed by atoms with Crippen LogP contribution in [0.4, 0.5) is 11.4 Å². The monoisotopic (exact) mass is 299 g/mol. The molecule has 3 aromatic rings. The lowest BCUT2D eigenvalue weighted by molar-refractivity contribution is -0.383. The van der Waals surface area contributed by atoms with E-state index in [1.165, 1.54) is 12.1 Å². The summed E-state index contributed by atoms with van der Waals surface area (Å²) in [6.45, 7) is 0. The maximum Gasteiger partial charge on any atom is 0.300 e. The second kappa shape index (κ2) is 5.48. The van der Waals surface area contributed by atoms with Crippen molar-refractivity contribution in [3.63, 3.8) is 0 Å². The molecule has 0 aliphatic heterocycles. The van der Waals surface area contributed by atoms with Crippen LogP contribution >= 0.6 is 0 Å². The van der Waals surface area contributed by atoms with Gasteiger partial charge in [0.2, 0.25) is 5.52 Å². The third kappa shape index (κ3) is 2.42. The van der Waals surface area contributed by atoms with Crippen LogP contribution in [0.2, 0.25) is 0 Å². The quantitative estimate of drug-likeness (QED) is 0.556. The van der Waals surface area contributed by atoms with Gasteiger partial charge in [-0.3, -0.25) is 25.8 Å². The van der Waals surface area contributed by atoms with Crippen LogP contribution < -0.4 is 10.9 Å². The molecule has 110 valence electrons. The molecular weight excluding hydrogens is 290 g/mol. The average molecular weight is 299 g/mol. The number of carbonyl (C=O) groups is 1. The van der Waals surface area contributed by atoms with Crippen LogP contribution in [0.25, 0.3) is 11.0 Å². The van der Waals surface area contributed by atoms with E-state index >= 15 is 0 Å². The number of benzene rings is 2. The van der Waals surface area contributed by atoms with Gasteiger partial charge in [-0.2, -0.15) is 0 Å². The van der Waals surface area contributed by atoms with Gasteiger partial charge in [-0.15, -0.1) is 0 Å². The fourth-order valence-corrected chi connectivity index (χ4v) is 1.89. The summed E-state index contributed by atoms with van der Waals surface area (Å²) in [7, 11) is 0. The van der Waals surface area contributed by atoms with Gasteiger partial charge >= 0.3 is 5.69 Å². The van der Waals surface area contributed by atoms with Crippen molar-refractivity contribution in [3.8, 4) is 0 Å². The van der Waals surface area contributed by atoms with E-state index in [0.717, 1.165) is 0 Å². The lowest BCUT2D eigenvalue weighted by Crippen LogP contribution is -2.29. The third-order valence-corrected chi connectivity index (χ3v) is 2.94. The maximum absolute atomic E-state index is 11.9. The standard InChI is InChI=1S/C13H9N5O4/c19-13(8-4-2-1-3-5-8)15-14-9-6-7-10(18(20)21)12-11(9)16-22-17-12/h1-7,14H,(H,15,19). The molecule has 0 bridgehead atoms. The molecule has 0 spiro atoms. The molecule has 9 nitrogen and oxygen atoms in total. The summed E-state index contributed by atoms with van der Waals surface area (Å²) in [4.78, 5) is 22.2. The minimum atomic E-state index is -0.584. The molecule has 1 aromatic heterocycles. The Morgan fingerprint density at radius 2 is 1.82 bits per heavy atom. The van der Waals surface area contributed by atoms with Gasteiger partial charge in [-0.05, 0) is 28.5 Å². The Morgan fingerprint density at radius 1 is 1.09 bits per heavy atom. The second-order valence-electron chi connectivity index (χ2n) is 4.30. The molecule has 1 amide bonds. The van der Waals surface area contributed by atoms with Crippen molar-refractivity contribution >= 4 is 28.3 Å². The summed E-state index contributed by atoms with van der Waals surface area (Å²) < 4.78 is 4.53. The normalized spacial score (nSPS) is 10.4. The Morgan fingerprint density at radius 3 is 2.55 bits per heavy atom. The van der Waals surface area contributed by atoms with Crippen LogP contribution in [-0.4, -0.2) is 21.1 Å². The molecule has 0 saturated carbocycles. The Kier molecular flexibility index (Phi) is 3.36. The van der Waals surface area contributed by atoms with Crippen molar-refractivity contribution < 1.29 is 14.3 Å². The maximum atomic E-state index is 11.9. The molecule has 0 atom stereocenters. The summed E-state index contributed by atoms with van der Waals surface area (Å²) >= 11 is 0. The number of nitro groups is 1. The van der Waals surface area contributed by atoms with Crippen molar-refractivity contribution in [3.05, 3.63) is 58.1 Å². The van der Waals surface area contributed by atoms with E-state index in [-0.39, 0.29) is 22.6 Å². The molecule has 2 aromatic carbocycles. The highest BCUT2D eigenvalue weighted by Crippen LogP contribution is 2.28. The lowest BCUT2D eigenvalue weighted by atomic mass is 10.2. The third-order valence-electron chi connectivity index (χ3n) is 2.94. The minimum absolute atomic E-state index is 0.00367. The Bertz CT molecular complexity index is 846. The van der Waals surface area contributed by atoms with Gasteiger partial charge in [0.05, 0.1) is 10.6 Å². The lowest BCUT2D eigenvalue weighted by Gasteiger charge is -2.08. The number of non-ortho nitro benzene ring substituents is 1. The van der Waals surface area contributed by atoms with E-state index in [4.69, 9.17) is 0 Å². The predicted octanol–water partition coefficient (Wildman–Crippen LogP) is 1.89. The number of nitrogens with one attached hydrogen (secondary N) is 2. The Balaban J connectivity index is 1.83. The van der Waals surface area contributed by atoms with Crippen molar-refractivity contribution in [1.82, 2.24) is 15.7 Å². The number of hydrogen-bond acceptors (Lipinski definition) is 7. The number of anilines is 1. The summed E-state index contributed by atoms with van der Waals surface area (Å²) in [5.74, 6) is -0.358. The van der Waals surface area contributed by atoms with Gasteiger partial charge in [0.15, 0.2) is 5.52 Å². The van der Waals surface area contributed by atoms with Crippen molar-refractivity contribution in [1.29, 1.82) is 0 Å². The van der Waals surface area contributed by atoms with Crippen molar-refractivity contribution in [2.75, 3.05) is 5.43 Å². The minimum Gasteiger partial charge on any atom is -0.296 e. The molecule has 0 aliphatic carbocycles. The van der Waals surface area contributed by atoms with Gasteiger partial charge in [0.25, 0.3) is 5.91 Å². The number of carbonyl (C=O) groups excluding carboxylic acids is 1. The average Bonchev–Trinajstić information content (AvgIpc) is 3.02. The second-order valence-corrected chi connectivity index (χ2v) is 4.30. The van der Waals surface area contributed by atoms with Crippen LogP contribution in [0.5, 0.6) is 0 Å². The number of nitrogens with zero attached hydrogens (tertiary/aromatic N) is 3. The molecule has 0 radical (unpaired) electrons. The first kappa shape index (κ1) is 13.5. The molecular formula is C13H9N5O4. The highest BCUT2D eigenvalue weighted by atomic mass is 16.6. The Labute approximate surface area is 123 Å². The number of nitro benzene ring substituents is 1. The van der Waals surface area contributed by atoms with E-state index < -0.39 is 4.92 Å². The van der Waals surface area contributed by atoms with E-state index in [1.54, 1.807) is 30.3 Å². The van der Waals surface area contributed by atoms with E-state index in [1.807, 2.05) is 0 Å². The molecule has 2 N–H and O–H groups in total. The van der Waals surface area contributed by atoms with E-state index in [9.17, 15) is 14.9 Å². The first-order valence-corrected chi connectivity index (χ1v) is 6.18. The summed E-state index contributed by atoms with van der Waals surface area (Å²) in [6.07, 6.45) is 0. The SMILES string of the molecule is O=C(NNc1ccc([N+](=O)[O-])c2nonc12)c1ccccc1. The first-order valence-electron chi connectivity index (χ1n) is 6.18. The number of fused-ring (bicyclic) bond motifs is 1. The highest BCUT2D eigenvalue weighted by molar-refractivity contribution is 5.97.